The predicted molar refractivity (Wildman–Crippen MR) is 138 cm³/mol. The number of likely N-dealkylation sites (N-methyl/N-ethyl adjacent to an activating group) is 1. The minimum absolute atomic E-state index is 0.0337. The zero-order valence-corrected chi connectivity index (χ0v) is 22.4. The average molecular weight is 581 g/mol. The number of carbonyl (C=O) groups excluding carboxylic acids is 3. The number of rotatable bonds is 12. The third-order valence-electron chi connectivity index (χ3n) is 5.88. The number of primary amides is 1. The number of aliphatic hydroxyl groups excluding tert-OH is 1. The number of aliphatic hydroxyl groups is 1. The van der Waals surface area contributed by atoms with Crippen LogP contribution in [0.2, 0.25) is 0 Å². The van der Waals surface area contributed by atoms with Crippen LogP contribution in [0.15, 0.2) is 28.6 Å². The van der Waals surface area contributed by atoms with Crippen molar-refractivity contribution < 1.29 is 38.7 Å². The molecule has 1 fully saturated rings. The predicted octanol–water partition coefficient (Wildman–Crippen LogP) is -2.42. The zero-order chi connectivity index (χ0) is 28.9. The number of fused-ring (bicyclic) bond motifs is 1. The number of amides is 3. The zero-order valence-electron chi connectivity index (χ0n) is 20.8. The number of quaternary nitrogens is 1. The van der Waals surface area contributed by atoms with Crippen LogP contribution in [0.1, 0.15) is 5.82 Å². The highest BCUT2D eigenvalue weighted by molar-refractivity contribution is 8.00. The number of carbonyl (C=O) groups is 4. The number of carboxylic acids is 1. The van der Waals surface area contributed by atoms with Gasteiger partial charge >= 0.3 is 5.97 Å². The van der Waals surface area contributed by atoms with Crippen LogP contribution in [0, 0.1) is 11.3 Å². The normalized spacial score (nSPS) is 20.2. The monoisotopic (exact) mass is 580 g/mol. The lowest BCUT2D eigenvalue weighted by molar-refractivity contribution is -0.900. The molecule has 0 aliphatic carbocycles. The average Bonchev–Trinajstić information content (AvgIpc) is 3.29. The SMILES string of the molecule is C[N+](C)(CC=CC1=C(C(=O)O)N2C(=O)[C@@H](NC(=O)C(=NOCC#N)c3nsc(N)n3)[C@@H]2SC1)[C@@H](CO)C(N)=O. The topological polar surface area (TPSA) is 247 Å². The molecule has 3 heterocycles. The molecule has 16 nitrogen and oxygen atoms in total. The van der Waals surface area contributed by atoms with Gasteiger partial charge in [-0.25, -0.2) is 4.79 Å². The van der Waals surface area contributed by atoms with Crippen LogP contribution in [-0.4, -0.2) is 115 Å². The molecular weight excluding hydrogens is 554 g/mol. The van der Waals surface area contributed by atoms with Crippen LogP contribution < -0.4 is 16.8 Å². The highest BCUT2D eigenvalue weighted by Gasteiger charge is 2.54. The van der Waals surface area contributed by atoms with Gasteiger partial charge in [0.15, 0.2) is 11.2 Å². The van der Waals surface area contributed by atoms with Gasteiger partial charge in [-0.05, 0) is 11.6 Å². The Hall–Kier alpha value is -4.05. The molecule has 39 heavy (non-hydrogen) atoms. The molecule has 0 spiro atoms. The number of anilines is 1. The molecule has 0 bridgehead atoms. The van der Waals surface area contributed by atoms with Gasteiger partial charge in [0.05, 0.1) is 20.6 Å². The second kappa shape index (κ2) is 12.2. The molecule has 0 unspecified atom stereocenters. The van der Waals surface area contributed by atoms with Crippen molar-refractivity contribution in [1.29, 1.82) is 5.26 Å². The number of aliphatic carboxylic acids is 1. The summed E-state index contributed by atoms with van der Waals surface area (Å²) in [4.78, 5) is 59.4. The van der Waals surface area contributed by atoms with Gasteiger partial charge in [0.25, 0.3) is 17.7 Å². The summed E-state index contributed by atoms with van der Waals surface area (Å²) in [5.74, 6) is -3.47. The summed E-state index contributed by atoms with van der Waals surface area (Å²) in [6.07, 6.45) is 3.20. The smallest absolute Gasteiger partial charge is 0.352 e. The maximum atomic E-state index is 13.0. The van der Waals surface area contributed by atoms with E-state index in [9.17, 15) is 29.4 Å². The molecule has 7 N–H and O–H groups in total. The van der Waals surface area contributed by atoms with Crippen LogP contribution in [0.25, 0.3) is 0 Å². The summed E-state index contributed by atoms with van der Waals surface area (Å²) >= 11 is 2.04. The van der Waals surface area contributed by atoms with Gasteiger partial charge in [-0.1, -0.05) is 11.2 Å². The molecule has 1 aromatic rings. The number of hydrogen-bond acceptors (Lipinski definition) is 13. The number of aromatic nitrogens is 2. The number of nitrogens with one attached hydrogen (secondary N) is 1. The van der Waals surface area contributed by atoms with Gasteiger partial charge in [0, 0.05) is 17.3 Å². The van der Waals surface area contributed by atoms with Crippen LogP contribution in [0.3, 0.4) is 0 Å². The Morgan fingerprint density at radius 1 is 1.44 bits per heavy atom. The van der Waals surface area contributed by atoms with Crippen LogP contribution in [-0.2, 0) is 24.0 Å². The number of nitriles is 1. The van der Waals surface area contributed by atoms with E-state index >= 15 is 0 Å². The molecule has 1 saturated heterocycles. The number of oxime groups is 1. The van der Waals surface area contributed by atoms with Crippen LogP contribution in [0.4, 0.5) is 5.13 Å². The van der Waals surface area contributed by atoms with Crippen molar-refractivity contribution in [3.63, 3.8) is 0 Å². The fraction of sp³-hybridized carbons (Fsp3) is 0.429. The van der Waals surface area contributed by atoms with Gasteiger partial charge in [0.2, 0.25) is 18.1 Å². The third kappa shape index (κ3) is 6.34. The van der Waals surface area contributed by atoms with E-state index in [1.807, 2.05) is 0 Å². The first-order valence-electron chi connectivity index (χ1n) is 11.2. The van der Waals surface area contributed by atoms with Gasteiger partial charge < -0.3 is 36.3 Å². The van der Waals surface area contributed by atoms with Gasteiger partial charge in [-0.3, -0.25) is 19.3 Å². The number of nitrogens with two attached hydrogens (primary N) is 2. The molecule has 0 saturated carbocycles. The molecule has 2 aliphatic heterocycles. The number of allylic oxidation sites excluding steroid dienone is 1. The van der Waals surface area contributed by atoms with Crippen LogP contribution >= 0.6 is 23.3 Å². The minimum atomic E-state index is -1.33. The molecule has 2 aliphatic rings. The quantitative estimate of drug-likeness (QED) is 0.0570. The van der Waals surface area contributed by atoms with Crippen molar-refractivity contribution in [3.05, 3.63) is 29.2 Å². The van der Waals surface area contributed by atoms with Crippen molar-refractivity contribution in [1.82, 2.24) is 19.6 Å². The minimum Gasteiger partial charge on any atom is -0.477 e. The fourth-order valence-electron chi connectivity index (χ4n) is 3.87. The van der Waals surface area contributed by atoms with Gasteiger partial charge in [-0.15, -0.1) is 11.8 Å². The summed E-state index contributed by atoms with van der Waals surface area (Å²) in [6, 6.07) is -0.236. The molecule has 0 aromatic carbocycles. The molecule has 3 amide bonds. The first-order chi connectivity index (χ1) is 18.4. The Bertz CT molecular complexity index is 1300. The van der Waals surface area contributed by atoms with Gasteiger partial charge in [0.1, 0.15) is 29.8 Å². The maximum absolute atomic E-state index is 13.0. The summed E-state index contributed by atoms with van der Waals surface area (Å²) in [5.41, 5.74) is 10.6. The standard InChI is InChI=1S/C21H25N9O7S2/c1-30(2,11(8-31)15(23)32)6-3-4-10-9-38-19-13(18(34)29(19)14(10)20(35)36)25-17(33)12(27-37-7-5-22)16-26-21(24)39-28-16/h3-4,11,13,19,31H,6-9H2,1-2H3,(H5-,23,24,25,26,28,32,33,35,36)/p+1/t11-,13+,19-/m0/s1. The first-order valence-corrected chi connectivity index (χ1v) is 13.0. The largest absolute Gasteiger partial charge is 0.477 e. The Morgan fingerprint density at radius 3 is 2.72 bits per heavy atom. The number of β-lactam (4-membered cyclic amide) rings is 1. The molecule has 0 radical (unpaired) electrons. The maximum Gasteiger partial charge on any atom is 0.352 e. The van der Waals surface area contributed by atoms with Crippen molar-refractivity contribution >= 4 is 57.8 Å². The van der Waals surface area contributed by atoms with E-state index in [1.165, 1.54) is 11.8 Å². The first kappa shape index (κ1) is 29.5. The highest BCUT2D eigenvalue weighted by atomic mass is 32.2. The summed E-state index contributed by atoms with van der Waals surface area (Å²) in [5, 5.41) is 33.5. The molecule has 1 aromatic heterocycles. The molecule has 3 atom stereocenters. The fourth-order valence-corrected chi connectivity index (χ4v) is 5.62. The van der Waals surface area contributed by atoms with E-state index in [-0.39, 0.29) is 33.4 Å². The van der Waals surface area contributed by atoms with Crippen molar-refractivity contribution in [2.24, 2.45) is 10.9 Å². The Balaban J connectivity index is 1.77. The Labute approximate surface area is 230 Å². The number of nitrogen functional groups attached to an aromatic ring is 1. The number of nitrogens with zero attached hydrogens (tertiary/aromatic N) is 6. The van der Waals surface area contributed by atoms with E-state index in [1.54, 1.807) is 32.3 Å². The third-order valence-corrected chi connectivity index (χ3v) is 7.73. The van der Waals surface area contributed by atoms with E-state index in [0.717, 1.165) is 16.4 Å². The summed E-state index contributed by atoms with van der Waals surface area (Å²) in [7, 11) is 3.39. The lowest BCUT2D eigenvalue weighted by Gasteiger charge is -2.49. The van der Waals surface area contributed by atoms with E-state index in [2.05, 4.69) is 19.8 Å². The van der Waals surface area contributed by atoms with Crippen LogP contribution in [0.5, 0.6) is 0 Å². The van der Waals surface area contributed by atoms with E-state index < -0.39 is 60.1 Å². The molecule has 18 heteroatoms. The number of carboxylic acid groups (broad SMARTS) is 1. The summed E-state index contributed by atoms with van der Waals surface area (Å²) in [6.45, 7) is -0.654. The Kier molecular flexibility index (Phi) is 9.24. The number of hydrogen-bond donors (Lipinski definition) is 5. The molecule has 3 rings (SSSR count). The van der Waals surface area contributed by atoms with Crippen molar-refractivity contribution in [2.75, 3.05) is 45.3 Å². The van der Waals surface area contributed by atoms with E-state index in [0.29, 0.717) is 5.57 Å². The molecular formula is C21H26N9O7S2+. The van der Waals surface area contributed by atoms with E-state index in [4.69, 9.17) is 21.6 Å². The van der Waals surface area contributed by atoms with Gasteiger partial charge in [-0.2, -0.15) is 14.6 Å². The lowest BCUT2D eigenvalue weighted by atomic mass is 10.0. The molecule has 208 valence electrons. The highest BCUT2D eigenvalue weighted by Crippen LogP contribution is 2.40. The second-order valence-corrected chi connectivity index (χ2v) is 10.7. The number of thioether (sulfide) groups is 1. The Morgan fingerprint density at radius 2 is 2.15 bits per heavy atom. The second-order valence-electron chi connectivity index (χ2n) is 8.83. The van der Waals surface area contributed by atoms with Crippen molar-refractivity contribution in [2.45, 2.75) is 17.5 Å². The lowest BCUT2D eigenvalue weighted by Crippen LogP contribution is -2.71. The summed E-state index contributed by atoms with van der Waals surface area (Å²) < 4.78 is 3.93. The van der Waals surface area contributed by atoms with Crippen molar-refractivity contribution in [3.8, 4) is 6.07 Å².